The quantitative estimate of drug-likeness (QED) is 0.611. The first-order chi connectivity index (χ1) is 10.7. The van der Waals surface area contributed by atoms with Crippen molar-refractivity contribution in [2.45, 2.75) is 25.6 Å². The minimum absolute atomic E-state index is 0.182. The van der Waals surface area contributed by atoms with Crippen LogP contribution < -0.4 is 5.19 Å². The zero-order chi connectivity index (χ0) is 17.1. The molecule has 0 spiro atoms. The predicted octanol–water partition coefficient (Wildman–Crippen LogP) is 2.08. The van der Waals surface area contributed by atoms with Gasteiger partial charge in [-0.15, -0.1) is 0 Å². The molecule has 0 saturated carbocycles. The zero-order valence-electron chi connectivity index (χ0n) is 13.7. The molecule has 0 aromatic heterocycles. The van der Waals surface area contributed by atoms with Gasteiger partial charge in [0.05, 0.1) is 21.3 Å². The lowest BCUT2D eigenvalue weighted by Gasteiger charge is -2.28. The molecule has 2 rings (SSSR count). The van der Waals surface area contributed by atoms with Gasteiger partial charge in [-0.1, -0.05) is 42.9 Å². The molecular weight excluding hydrogens is 316 g/mol. The number of halogens is 2. The summed E-state index contributed by atoms with van der Waals surface area (Å²) in [5.41, 5.74) is 0.487. The molecule has 0 atom stereocenters. The normalized spacial score (nSPS) is 15.8. The molecule has 1 aromatic carbocycles. The fraction of sp³-hybridized carbons (Fsp3) is 0.471. The number of ether oxygens (including phenoxy) is 1. The summed E-state index contributed by atoms with van der Waals surface area (Å²) in [7, 11) is -1.43. The monoisotopic (exact) mass is 337 g/mol. The fourth-order valence-corrected chi connectivity index (χ4v) is 3.39. The lowest BCUT2D eigenvalue weighted by molar-refractivity contribution is -0.153. The molecule has 1 aromatic rings. The van der Waals surface area contributed by atoms with Crippen molar-refractivity contribution < 1.29 is 18.3 Å². The summed E-state index contributed by atoms with van der Waals surface area (Å²) in [4.78, 5) is 13.0. The van der Waals surface area contributed by atoms with Crippen molar-refractivity contribution in [2.75, 3.05) is 26.3 Å². The van der Waals surface area contributed by atoms with E-state index in [9.17, 15) is 13.6 Å². The number of morpholine rings is 1. The van der Waals surface area contributed by atoms with Crippen LogP contribution in [0.2, 0.25) is 19.6 Å². The number of rotatable bonds is 2. The lowest BCUT2D eigenvalue weighted by atomic mass is 10.2. The first-order valence-electron chi connectivity index (χ1n) is 7.59. The highest BCUT2D eigenvalue weighted by Gasteiger charge is 2.40. The summed E-state index contributed by atoms with van der Waals surface area (Å²) in [5, 5.41) is 1.24. The SMILES string of the molecule is C[Si](C)(C)c1ccc(C#CC(F)(F)C(=O)N2CCOCC2)cc1. The molecule has 0 aliphatic carbocycles. The van der Waals surface area contributed by atoms with Crippen LogP contribution in [0.1, 0.15) is 5.56 Å². The van der Waals surface area contributed by atoms with Crippen LogP contribution in [0.4, 0.5) is 8.78 Å². The average molecular weight is 337 g/mol. The third-order valence-electron chi connectivity index (χ3n) is 3.68. The van der Waals surface area contributed by atoms with Gasteiger partial charge in [-0.3, -0.25) is 4.79 Å². The van der Waals surface area contributed by atoms with E-state index in [1.165, 1.54) is 5.19 Å². The van der Waals surface area contributed by atoms with Crippen molar-refractivity contribution >= 4 is 19.2 Å². The zero-order valence-corrected chi connectivity index (χ0v) is 14.7. The Morgan fingerprint density at radius 2 is 1.74 bits per heavy atom. The number of hydrogen-bond acceptors (Lipinski definition) is 2. The van der Waals surface area contributed by atoms with Crippen LogP contribution in [0, 0.1) is 11.8 Å². The Bertz CT molecular complexity index is 621. The standard InChI is InChI=1S/C17H21F2NO2Si/c1-23(2,3)15-6-4-14(5-7-15)8-9-17(18,19)16(21)20-10-12-22-13-11-20/h4-7H,10-13H2,1-3H3. The number of nitrogens with zero attached hydrogens (tertiary/aromatic N) is 1. The Morgan fingerprint density at radius 1 is 1.17 bits per heavy atom. The number of benzene rings is 1. The van der Waals surface area contributed by atoms with E-state index in [4.69, 9.17) is 4.74 Å². The van der Waals surface area contributed by atoms with Gasteiger partial charge in [0.1, 0.15) is 0 Å². The summed E-state index contributed by atoms with van der Waals surface area (Å²) in [6.45, 7) is 7.57. The van der Waals surface area contributed by atoms with Crippen LogP contribution >= 0.6 is 0 Å². The summed E-state index contributed by atoms with van der Waals surface area (Å²) >= 11 is 0. The molecule has 124 valence electrons. The Hall–Kier alpha value is -1.71. The molecule has 6 heteroatoms. The molecule has 3 nitrogen and oxygen atoms in total. The molecule has 1 saturated heterocycles. The van der Waals surface area contributed by atoms with E-state index in [0.29, 0.717) is 5.56 Å². The second kappa shape index (κ2) is 6.81. The lowest BCUT2D eigenvalue weighted by Crippen LogP contribution is -2.48. The highest BCUT2D eigenvalue weighted by Crippen LogP contribution is 2.17. The van der Waals surface area contributed by atoms with Gasteiger partial charge in [0.15, 0.2) is 0 Å². The third kappa shape index (κ3) is 4.63. The number of alkyl halides is 2. The second-order valence-corrected chi connectivity index (χ2v) is 11.6. The number of hydrogen-bond donors (Lipinski definition) is 0. The minimum Gasteiger partial charge on any atom is -0.378 e. The molecule has 1 heterocycles. The van der Waals surface area contributed by atoms with E-state index < -0.39 is 19.9 Å². The van der Waals surface area contributed by atoms with Gasteiger partial charge >= 0.3 is 11.8 Å². The Balaban J connectivity index is 2.11. The highest BCUT2D eigenvalue weighted by molar-refractivity contribution is 6.88. The van der Waals surface area contributed by atoms with Crippen LogP contribution in [-0.4, -0.2) is 51.1 Å². The predicted molar refractivity (Wildman–Crippen MR) is 88.6 cm³/mol. The number of carbonyl (C=O) groups excluding carboxylic acids is 1. The minimum atomic E-state index is -3.67. The van der Waals surface area contributed by atoms with Crippen molar-refractivity contribution in [3.05, 3.63) is 29.8 Å². The molecule has 0 bridgehead atoms. The smallest absolute Gasteiger partial charge is 0.378 e. The van der Waals surface area contributed by atoms with E-state index >= 15 is 0 Å². The first-order valence-corrected chi connectivity index (χ1v) is 11.1. The topological polar surface area (TPSA) is 29.5 Å². The molecule has 0 N–H and O–H groups in total. The van der Waals surface area contributed by atoms with Crippen molar-refractivity contribution in [1.82, 2.24) is 4.90 Å². The van der Waals surface area contributed by atoms with E-state index in [2.05, 4.69) is 25.6 Å². The maximum absolute atomic E-state index is 14.0. The molecule has 1 fully saturated rings. The summed E-state index contributed by atoms with van der Waals surface area (Å²) in [5.74, 6) is -0.669. The van der Waals surface area contributed by atoms with Crippen molar-refractivity contribution in [3.63, 3.8) is 0 Å². The summed E-state index contributed by atoms with van der Waals surface area (Å²) < 4.78 is 33.0. The van der Waals surface area contributed by atoms with Crippen LogP contribution in [0.25, 0.3) is 0 Å². The fourth-order valence-electron chi connectivity index (χ4n) is 2.22. The van der Waals surface area contributed by atoms with E-state index in [0.717, 1.165) is 4.90 Å². The van der Waals surface area contributed by atoms with Crippen LogP contribution in [0.5, 0.6) is 0 Å². The summed E-state index contributed by atoms with van der Waals surface area (Å²) in [6.07, 6.45) is 0. The Morgan fingerprint density at radius 3 is 2.26 bits per heavy atom. The van der Waals surface area contributed by atoms with Gasteiger partial charge in [-0.25, -0.2) is 0 Å². The third-order valence-corrected chi connectivity index (χ3v) is 5.75. The van der Waals surface area contributed by atoms with Crippen LogP contribution in [0.3, 0.4) is 0 Å². The van der Waals surface area contributed by atoms with Gasteiger partial charge in [0, 0.05) is 18.7 Å². The van der Waals surface area contributed by atoms with Crippen molar-refractivity contribution in [2.24, 2.45) is 0 Å². The van der Waals surface area contributed by atoms with Crippen molar-refractivity contribution in [3.8, 4) is 11.8 Å². The molecule has 1 amide bonds. The second-order valence-electron chi connectivity index (χ2n) is 6.56. The van der Waals surface area contributed by atoms with E-state index in [1.54, 1.807) is 12.1 Å². The van der Waals surface area contributed by atoms with E-state index in [1.807, 2.05) is 18.1 Å². The molecule has 0 radical (unpaired) electrons. The van der Waals surface area contributed by atoms with Gasteiger partial charge in [0.25, 0.3) is 0 Å². The van der Waals surface area contributed by atoms with Gasteiger partial charge in [-0.05, 0) is 18.1 Å². The van der Waals surface area contributed by atoms with Crippen molar-refractivity contribution in [1.29, 1.82) is 0 Å². The largest absolute Gasteiger partial charge is 0.385 e. The maximum Gasteiger partial charge on any atom is 0.385 e. The highest BCUT2D eigenvalue weighted by atomic mass is 28.3. The van der Waals surface area contributed by atoms with Crippen LogP contribution in [0.15, 0.2) is 24.3 Å². The molecule has 23 heavy (non-hydrogen) atoms. The molecule has 1 aliphatic rings. The molecule has 0 unspecified atom stereocenters. The first kappa shape index (κ1) is 17.6. The Kier molecular flexibility index (Phi) is 5.22. The molecule has 1 aliphatic heterocycles. The summed E-state index contributed by atoms with van der Waals surface area (Å²) in [6, 6.07) is 7.32. The van der Waals surface area contributed by atoms with E-state index in [-0.39, 0.29) is 26.3 Å². The van der Waals surface area contributed by atoms with Gasteiger partial charge in [-0.2, -0.15) is 8.78 Å². The molecular formula is C17H21F2NO2Si. The van der Waals surface area contributed by atoms with Crippen LogP contribution in [-0.2, 0) is 9.53 Å². The van der Waals surface area contributed by atoms with Gasteiger partial charge in [0.2, 0.25) is 0 Å². The number of carbonyl (C=O) groups is 1. The Labute approximate surface area is 136 Å². The average Bonchev–Trinajstić information content (AvgIpc) is 2.53. The number of amides is 1. The maximum atomic E-state index is 14.0. The van der Waals surface area contributed by atoms with Gasteiger partial charge < -0.3 is 9.64 Å².